The number of rotatable bonds is 8. The lowest BCUT2D eigenvalue weighted by Crippen LogP contribution is -2.40. The summed E-state index contributed by atoms with van der Waals surface area (Å²) in [7, 11) is 1.65. The summed E-state index contributed by atoms with van der Waals surface area (Å²) in [6.45, 7) is 5.92. The molecule has 0 aromatic heterocycles. The molecule has 0 aliphatic rings. The van der Waals surface area contributed by atoms with Crippen LogP contribution < -0.4 is 5.73 Å². The van der Waals surface area contributed by atoms with E-state index in [0.717, 1.165) is 24.0 Å². The third-order valence-electron chi connectivity index (χ3n) is 3.53. The molecule has 1 rings (SSSR count). The standard InChI is InChI=1S/C16H26N2O2/c1-4-13(2)18(10-11-20-3)16(19)15-7-5-6-14(12-15)8-9-17/h5-7,12-13H,4,8-11,17H2,1-3H3. The summed E-state index contributed by atoms with van der Waals surface area (Å²) >= 11 is 0. The van der Waals surface area contributed by atoms with Crippen LogP contribution in [0.1, 0.15) is 36.2 Å². The van der Waals surface area contributed by atoms with Crippen molar-refractivity contribution in [3.05, 3.63) is 35.4 Å². The highest BCUT2D eigenvalue weighted by Crippen LogP contribution is 2.13. The molecule has 0 fully saturated rings. The molecule has 1 aromatic carbocycles. The van der Waals surface area contributed by atoms with Gasteiger partial charge in [0.2, 0.25) is 0 Å². The minimum Gasteiger partial charge on any atom is -0.383 e. The van der Waals surface area contributed by atoms with Gasteiger partial charge in [-0.2, -0.15) is 0 Å². The van der Waals surface area contributed by atoms with Gasteiger partial charge >= 0.3 is 0 Å². The maximum absolute atomic E-state index is 12.6. The Morgan fingerprint density at radius 3 is 2.80 bits per heavy atom. The van der Waals surface area contributed by atoms with Crippen molar-refractivity contribution in [2.45, 2.75) is 32.7 Å². The quantitative estimate of drug-likeness (QED) is 0.792. The van der Waals surface area contributed by atoms with Gasteiger partial charge in [-0.15, -0.1) is 0 Å². The van der Waals surface area contributed by atoms with E-state index in [1.165, 1.54) is 0 Å². The average Bonchev–Trinajstić information content (AvgIpc) is 2.47. The SMILES string of the molecule is CCC(C)N(CCOC)C(=O)c1cccc(CCN)c1. The molecular formula is C16H26N2O2. The lowest BCUT2D eigenvalue weighted by molar-refractivity contribution is 0.0614. The molecule has 112 valence electrons. The molecule has 4 heteroatoms. The highest BCUT2D eigenvalue weighted by atomic mass is 16.5. The topological polar surface area (TPSA) is 55.6 Å². The maximum atomic E-state index is 12.6. The van der Waals surface area contributed by atoms with Crippen molar-refractivity contribution in [3.8, 4) is 0 Å². The first-order valence-electron chi connectivity index (χ1n) is 7.22. The molecule has 0 heterocycles. The minimum atomic E-state index is 0.0651. The normalized spacial score (nSPS) is 12.2. The van der Waals surface area contributed by atoms with Crippen LogP contribution in [-0.4, -0.2) is 43.7 Å². The zero-order valence-corrected chi connectivity index (χ0v) is 12.8. The molecule has 0 aliphatic carbocycles. The summed E-state index contributed by atoms with van der Waals surface area (Å²) in [6, 6.07) is 7.94. The van der Waals surface area contributed by atoms with Crippen LogP contribution in [0, 0.1) is 0 Å². The second-order valence-electron chi connectivity index (χ2n) is 4.99. The molecule has 1 unspecified atom stereocenters. The number of hydrogen-bond acceptors (Lipinski definition) is 3. The van der Waals surface area contributed by atoms with E-state index in [9.17, 15) is 4.79 Å². The van der Waals surface area contributed by atoms with Crippen molar-refractivity contribution in [3.63, 3.8) is 0 Å². The summed E-state index contributed by atoms with van der Waals surface area (Å²) in [4.78, 5) is 14.5. The third kappa shape index (κ3) is 4.62. The highest BCUT2D eigenvalue weighted by Gasteiger charge is 2.20. The van der Waals surface area contributed by atoms with E-state index in [4.69, 9.17) is 10.5 Å². The molecule has 4 nitrogen and oxygen atoms in total. The molecule has 2 N–H and O–H groups in total. The lowest BCUT2D eigenvalue weighted by atomic mass is 10.1. The van der Waals surface area contributed by atoms with Crippen LogP contribution in [-0.2, 0) is 11.2 Å². The highest BCUT2D eigenvalue weighted by molar-refractivity contribution is 5.94. The number of hydrogen-bond donors (Lipinski definition) is 1. The van der Waals surface area contributed by atoms with E-state index in [-0.39, 0.29) is 11.9 Å². The Kier molecular flexibility index (Phi) is 7.26. The summed E-state index contributed by atoms with van der Waals surface area (Å²) in [6.07, 6.45) is 1.72. The number of amides is 1. The van der Waals surface area contributed by atoms with Gasteiger partial charge in [0, 0.05) is 25.3 Å². The van der Waals surface area contributed by atoms with Gasteiger partial charge in [0.05, 0.1) is 6.61 Å². The molecule has 0 saturated heterocycles. The van der Waals surface area contributed by atoms with Gasteiger partial charge in [-0.05, 0) is 44.0 Å². The van der Waals surface area contributed by atoms with Crippen LogP contribution in [0.4, 0.5) is 0 Å². The zero-order chi connectivity index (χ0) is 15.0. The smallest absolute Gasteiger partial charge is 0.254 e. The van der Waals surface area contributed by atoms with Gasteiger partial charge < -0.3 is 15.4 Å². The Morgan fingerprint density at radius 1 is 1.45 bits per heavy atom. The van der Waals surface area contributed by atoms with Gasteiger partial charge in [-0.25, -0.2) is 0 Å². The van der Waals surface area contributed by atoms with Gasteiger partial charge in [-0.3, -0.25) is 4.79 Å². The van der Waals surface area contributed by atoms with E-state index < -0.39 is 0 Å². The Bertz CT molecular complexity index is 421. The third-order valence-corrected chi connectivity index (χ3v) is 3.53. The molecule has 1 aromatic rings. The fraction of sp³-hybridized carbons (Fsp3) is 0.562. The first kappa shape index (κ1) is 16.7. The number of carbonyl (C=O) groups is 1. The van der Waals surface area contributed by atoms with Gasteiger partial charge in [0.15, 0.2) is 0 Å². The number of methoxy groups -OCH3 is 1. The largest absolute Gasteiger partial charge is 0.383 e. The Hall–Kier alpha value is -1.39. The summed E-state index contributed by atoms with van der Waals surface area (Å²) in [5.41, 5.74) is 7.40. The molecule has 1 atom stereocenters. The second-order valence-corrected chi connectivity index (χ2v) is 4.99. The molecule has 0 saturated carbocycles. The van der Waals surface area contributed by atoms with Crippen molar-refractivity contribution < 1.29 is 9.53 Å². The van der Waals surface area contributed by atoms with Crippen LogP contribution in [0.3, 0.4) is 0 Å². The lowest BCUT2D eigenvalue weighted by Gasteiger charge is -2.28. The van der Waals surface area contributed by atoms with Crippen LogP contribution in [0.5, 0.6) is 0 Å². The number of benzene rings is 1. The maximum Gasteiger partial charge on any atom is 0.254 e. The fourth-order valence-electron chi connectivity index (χ4n) is 2.12. The van der Waals surface area contributed by atoms with Crippen LogP contribution in [0.25, 0.3) is 0 Å². The van der Waals surface area contributed by atoms with E-state index in [1.54, 1.807) is 7.11 Å². The molecular weight excluding hydrogens is 252 g/mol. The number of nitrogens with zero attached hydrogens (tertiary/aromatic N) is 1. The van der Waals surface area contributed by atoms with Crippen molar-refractivity contribution in [1.82, 2.24) is 4.90 Å². The van der Waals surface area contributed by atoms with Crippen molar-refractivity contribution in [1.29, 1.82) is 0 Å². The second kappa shape index (κ2) is 8.72. The first-order valence-corrected chi connectivity index (χ1v) is 7.22. The summed E-state index contributed by atoms with van der Waals surface area (Å²) in [5.74, 6) is 0.0651. The average molecular weight is 278 g/mol. The molecule has 0 radical (unpaired) electrons. The first-order chi connectivity index (χ1) is 9.63. The molecule has 0 spiro atoms. The summed E-state index contributed by atoms with van der Waals surface area (Å²) in [5, 5.41) is 0. The number of nitrogens with two attached hydrogens (primary N) is 1. The van der Waals surface area contributed by atoms with E-state index in [0.29, 0.717) is 19.7 Å². The van der Waals surface area contributed by atoms with Gasteiger partial charge in [0.1, 0.15) is 0 Å². The number of ether oxygens (including phenoxy) is 1. The predicted molar refractivity (Wildman–Crippen MR) is 81.9 cm³/mol. The van der Waals surface area contributed by atoms with Gasteiger partial charge in [-0.1, -0.05) is 19.1 Å². The fourth-order valence-corrected chi connectivity index (χ4v) is 2.12. The Labute approximate surface area is 121 Å². The summed E-state index contributed by atoms with van der Waals surface area (Å²) < 4.78 is 5.10. The van der Waals surface area contributed by atoms with E-state index in [2.05, 4.69) is 13.8 Å². The zero-order valence-electron chi connectivity index (χ0n) is 12.8. The molecule has 0 aliphatic heterocycles. The monoisotopic (exact) mass is 278 g/mol. The van der Waals surface area contributed by atoms with Crippen LogP contribution in [0.2, 0.25) is 0 Å². The van der Waals surface area contributed by atoms with Crippen LogP contribution in [0.15, 0.2) is 24.3 Å². The Morgan fingerprint density at radius 2 is 2.20 bits per heavy atom. The Balaban J connectivity index is 2.89. The predicted octanol–water partition coefficient (Wildman–Crippen LogP) is 2.07. The molecule has 20 heavy (non-hydrogen) atoms. The van der Waals surface area contributed by atoms with Crippen LogP contribution >= 0.6 is 0 Å². The van der Waals surface area contributed by atoms with Crippen molar-refractivity contribution in [2.24, 2.45) is 5.73 Å². The van der Waals surface area contributed by atoms with Gasteiger partial charge in [0.25, 0.3) is 5.91 Å². The van der Waals surface area contributed by atoms with E-state index in [1.807, 2.05) is 29.2 Å². The minimum absolute atomic E-state index is 0.0651. The van der Waals surface area contributed by atoms with E-state index >= 15 is 0 Å². The molecule has 0 bridgehead atoms. The molecule has 1 amide bonds. The number of carbonyl (C=O) groups excluding carboxylic acids is 1. The van der Waals surface area contributed by atoms with Crippen molar-refractivity contribution >= 4 is 5.91 Å². The van der Waals surface area contributed by atoms with Crippen molar-refractivity contribution in [2.75, 3.05) is 26.8 Å².